The summed E-state index contributed by atoms with van der Waals surface area (Å²) in [6, 6.07) is 16.4. The smallest absolute Gasteiger partial charge is 0.242 e. The zero-order chi connectivity index (χ0) is 23.5. The maximum absolute atomic E-state index is 13.5. The molecule has 3 aromatic rings. The van der Waals surface area contributed by atoms with Gasteiger partial charge in [-0.15, -0.1) is 0 Å². The van der Waals surface area contributed by atoms with Gasteiger partial charge in [0.2, 0.25) is 11.8 Å². The van der Waals surface area contributed by atoms with Gasteiger partial charge in [-0.2, -0.15) is 0 Å². The second kappa shape index (κ2) is 9.92. The van der Waals surface area contributed by atoms with Crippen molar-refractivity contribution in [3.63, 3.8) is 0 Å². The van der Waals surface area contributed by atoms with E-state index < -0.39 is 0 Å². The fraction of sp³-hybridized carbons (Fsp3) is 0.429. The molecule has 0 radical (unpaired) electrons. The molecule has 2 fully saturated rings. The van der Waals surface area contributed by atoms with Crippen LogP contribution in [0.4, 0.5) is 0 Å². The molecule has 2 saturated carbocycles. The van der Waals surface area contributed by atoms with Gasteiger partial charge in [0.05, 0.1) is 6.61 Å². The highest BCUT2D eigenvalue weighted by Crippen LogP contribution is 2.36. The Morgan fingerprint density at radius 3 is 2.50 bits per heavy atom. The first kappa shape index (κ1) is 22.5. The number of H-pyrrole nitrogens is 1. The van der Waals surface area contributed by atoms with Crippen LogP contribution in [0.25, 0.3) is 10.9 Å². The third-order valence-corrected chi connectivity index (χ3v) is 6.79. The molecule has 0 unspecified atom stereocenters. The van der Waals surface area contributed by atoms with Gasteiger partial charge in [-0.25, -0.2) is 0 Å². The molecule has 6 nitrogen and oxygen atoms in total. The predicted molar refractivity (Wildman–Crippen MR) is 132 cm³/mol. The monoisotopic (exact) mass is 459 g/mol. The van der Waals surface area contributed by atoms with Crippen molar-refractivity contribution in [1.82, 2.24) is 14.8 Å². The van der Waals surface area contributed by atoms with Crippen LogP contribution in [0.5, 0.6) is 5.75 Å². The molecule has 2 aliphatic carbocycles. The number of aromatic amines is 1. The van der Waals surface area contributed by atoms with E-state index in [4.69, 9.17) is 4.74 Å². The molecular weight excluding hydrogens is 426 g/mol. The maximum Gasteiger partial charge on any atom is 0.242 e. The Balaban J connectivity index is 1.31. The van der Waals surface area contributed by atoms with Crippen molar-refractivity contribution in [1.29, 1.82) is 0 Å². The number of hydrogen-bond acceptors (Lipinski definition) is 3. The van der Waals surface area contributed by atoms with Crippen molar-refractivity contribution in [2.75, 3.05) is 19.7 Å². The van der Waals surface area contributed by atoms with Gasteiger partial charge in [0.15, 0.2) is 0 Å². The van der Waals surface area contributed by atoms with Crippen LogP contribution in [-0.4, -0.2) is 52.3 Å². The van der Waals surface area contributed by atoms with Crippen molar-refractivity contribution in [3.05, 3.63) is 65.9 Å². The summed E-state index contributed by atoms with van der Waals surface area (Å²) in [4.78, 5) is 33.5. The lowest BCUT2D eigenvalue weighted by Crippen LogP contribution is -2.44. The summed E-state index contributed by atoms with van der Waals surface area (Å²) < 4.78 is 5.56. The van der Waals surface area contributed by atoms with E-state index in [0.717, 1.165) is 48.9 Å². The van der Waals surface area contributed by atoms with Crippen LogP contribution in [0.2, 0.25) is 0 Å². The van der Waals surface area contributed by atoms with Gasteiger partial charge in [-0.05, 0) is 68.4 Å². The molecule has 178 valence electrons. The maximum atomic E-state index is 13.5. The summed E-state index contributed by atoms with van der Waals surface area (Å²) in [6.07, 6.45) is 6.75. The molecule has 0 saturated heterocycles. The zero-order valence-corrected chi connectivity index (χ0v) is 19.8. The number of aromatic nitrogens is 1. The van der Waals surface area contributed by atoms with Gasteiger partial charge in [0.1, 0.15) is 12.3 Å². The third-order valence-electron chi connectivity index (χ3n) is 6.79. The number of carbonyl (C=O) groups excluding carboxylic acids is 2. The van der Waals surface area contributed by atoms with Crippen molar-refractivity contribution >= 4 is 22.7 Å². The SMILES string of the molecule is CCOc1ccc(CN(CCc2c[nH]c3ccccc23)C(=O)CN(C(=O)C2CC2)C2CC2)cc1. The van der Waals surface area contributed by atoms with E-state index in [-0.39, 0.29) is 30.3 Å². The van der Waals surface area contributed by atoms with Crippen LogP contribution < -0.4 is 4.74 Å². The zero-order valence-electron chi connectivity index (χ0n) is 19.8. The first-order chi connectivity index (χ1) is 16.6. The molecule has 5 rings (SSSR count). The standard InChI is InChI=1S/C28H33N3O3/c1-2-34-24-13-7-20(8-14-24)18-30(16-15-22-17-29-26-6-4-3-5-25(22)26)27(32)19-31(23-11-12-23)28(33)21-9-10-21/h3-8,13-14,17,21,23,29H,2,9-12,15-16,18-19H2,1H3. The fourth-order valence-corrected chi connectivity index (χ4v) is 4.55. The Labute approximate surface area is 200 Å². The number of benzene rings is 2. The molecule has 2 aromatic carbocycles. The molecule has 0 bridgehead atoms. The van der Waals surface area contributed by atoms with Crippen LogP contribution in [0, 0.1) is 5.92 Å². The highest BCUT2D eigenvalue weighted by atomic mass is 16.5. The lowest BCUT2D eigenvalue weighted by molar-refractivity contribution is -0.142. The minimum Gasteiger partial charge on any atom is -0.494 e. The summed E-state index contributed by atoms with van der Waals surface area (Å²) in [5, 5.41) is 1.19. The first-order valence-electron chi connectivity index (χ1n) is 12.5. The summed E-state index contributed by atoms with van der Waals surface area (Å²) in [5.41, 5.74) is 3.37. The number of nitrogens with zero attached hydrogens (tertiary/aromatic N) is 2. The van der Waals surface area contributed by atoms with Gasteiger partial charge in [0.25, 0.3) is 0 Å². The second-order valence-corrected chi connectivity index (χ2v) is 9.47. The van der Waals surface area contributed by atoms with Crippen molar-refractivity contribution in [3.8, 4) is 5.75 Å². The lowest BCUT2D eigenvalue weighted by Gasteiger charge is -2.28. The molecule has 1 aromatic heterocycles. The predicted octanol–water partition coefficient (Wildman–Crippen LogP) is 4.54. The van der Waals surface area contributed by atoms with Gasteiger partial charge < -0.3 is 19.5 Å². The van der Waals surface area contributed by atoms with E-state index in [1.54, 1.807) is 0 Å². The van der Waals surface area contributed by atoms with E-state index in [2.05, 4.69) is 17.1 Å². The number of nitrogens with one attached hydrogen (secondary N) is 1. The highest BCUT2D eigenvalue weighted by molar-refractivity contribution is 5.88. The Morgan fingerprint density at radius 1 is 1.03 bits per heavy atom. The number of carbonyl (C=O) groups is 2. The molecule has 2 aliphatic rings. The van der Waals surface area contributed by atoms with Crippen LogP contribution in [0.15, 0.2) is 54.7 Å². The van der Waals surface area contributed by atoms with E-state index >= 15 is 0 Å². The van der Waals surface area contributed by atoms with Gasteiger partial charge in [0, 0.05) is 42.1 Å². The molecule has 1 heterocycles. The number of amides is 2. The quantitative estimate of drug-likeness (QED) is 0.458. The van der Waals surface area contributed by atoms with Gasteiger partial charge in [-0.3, -0.25) is 9.59 Å². The minimum absolute atomic E-state index is 0.0228. The average Bonchev–Trinajstić information content (AvgIpc) is 3.78. The lowest BCUT2D eigenvalue weighted by atomic mass is 10.1. The fourth-order valence-electron chi connectivity index (χ4n) is 4.55. The van der Waals surface area contributed by atoms with Crippen molar-refractivity contribution in [2.45, 2.75) is 51.6 Å². The summed E-state index contributed by atoms with van der Waals surface area (Å²) in [5.74, 6) is 1.17. The molecule has 6 heteroatoms. The van der Waals surface area contributed by atoms with Crippen LogP contribution in [0.1, 0.15) is 43.7 Å². The molecule has 2 amide bonds. The van der Waals surface area contributed by atoms with Crippen LogP contribution in [-0.2, 0) is 22.6 Å². The molecule has 0 spiro atoms. The topological polar surface area (TPSA) is 65.6 Å². The number of fused-ring (bicyclic) bond motifs is 1. The Bertz CT molecular complexity index is 1150. The normalized spacial score (nSPS) is 15.3. The Kier molecular flexibility index (Phi) is 6.57. The van der Waals surface area contributed by atoms with Crippen molar-refractivity contribution in [2.24, 2.45) is 5.92 Å². The summed E-state index contributed by atoms with van der Waals surface area (Å²) in [6.45, 7) is 3.90. The molecule has 0 aliphatic heterocycles. The second-order valence-electron chi connectivity index (χ2n) is 9.47. The van der Waals surface area contributed by atoms with Gasteiger partial charge >= 0.3 is 0 Å². The number of hydrogen-bond donors (Lipinski definition) is 1. The molecular formula is C28H33N3O3. The third kappa shape index (κ3) is 5.27. The number of rotatable bonds is 11. The number of para-hydroxylation sites is 1. The Hall–Kier alpha value is -3.28. The molecule has 34 heavy (non-hydrogen) atoms. The number of ether oxygens (including phenoxy) is 1. The largest absolute Gasteiger partial charge is 0.494 e. The highest BCUT2D eigenvalue weighted by Gasteiger charge is 2.41. The molecule has 1 N–H and O–H groups in total. The van der Waals surface area contributed by atoms with Crippen LogP contribution in [0.3, 0.4) is 0 Å². The van der Waals surface area contributed by atoms with E-state index in [1.165, 1.54) is 10.9 Å². The Morgan fingerprint density at radius 2 is 1.79 bits per heavy atom. The van der Waals surface area contributed by atoms with E-state index in [9.17, 15) is 9.59 Å². The average molecular weight is 460 g/mol. The molecule has 0 atom stereocenters. The summed E-state index contributed by atoms with van der Waals surface area (Å²) in [7, 11) is 0. The van der Waals surface area contributed by atoms with E-state index in [1.807, 2.05) is 59.3 Å². The summed E-state index contributed by atoms with van der Waals surface area (Å²) >= 11 is 0. The van der Waals surface area contributed by atoms with E-state index in [0.29, 0.717) is 19.7 Å². The van der Waals surface area contributed by atoms with Gasteiger partial charge in [-0.1, -0.05) is 30.3 Å². The minimum atomic E-state index is 0.0228. The van der Waals surface area contributed by atoms with Crippen LogP contribution >= 0.6 is 0 Å². The first-order valence-corrected chi connectivity index (χ1v) is 12.5. The van der Waals surface area contributed by atoms with Crippen molar-refractivity contribution < 1.29 is 14.3 Å².